The number of ketones is 1. The predicted molar refractivity (Wildman–Crippen MR) is 48.2 cm³/mol. The van der Waals surface area contributed by atoms with E-state index in [1.54, 1.807) is 0 Å². The number of alkyl halides is 4. The quantitative estimate of drug-likeness (QED) is 0.610. The fourth-order valence-electron chi connectivity index (χ4n) is 1.09. The zero-order valence-corrected chi connectivity index (χ0v) is 8.52. The molecule has 0 aliphatic heterocycles. The van der Waals surface area contributed by atoms with Gasteiger partial charge in [0.15, 0.2) is 0 Å². The predicted octanol–water partition coefficient (Wildman–Crippen LogP) is 2.92. The summed E-state index contributed by atoms with van der Waals surface area (Å²) in [6.45, 7) is 0. The normalized spacial score (nSPS) is 11.7. The van der Waals surface area contributed by atoms with Crippen LogP contribution in [0.4, 0.5) is 22.0 Å². The molecule has 94 valence electrons. The number of benzene rings is 1. The number of hydrogen-bond donors (Lipinski definition) is 0. The fourth-order valence-corrected chi connectivity index (χ4v) is 1.09. The van der Waals surface area contributed by atoms with Crippen molar-refractivity contribution in [2.24, 2.45) is 0 Å². The van der Waals surface area contributed by atoms with Gasteiger partial charge >= 0.3 is 12.3 Å². The van der Waals surface area contributed by atoms with E-state index in [0.717, 1.165) is 6.07 Å². The minimum Gasteiger partial charge on any atom is -0.497 e. The van der Waals surface area contributed by atoms with Crippen molar-refractivity contribution in [2.45, 2.75) is 12.3 Å². The van der Waals surface area contributed by atoms with Crippen LogP contribution >= 0.6 is 0 Å². The number of halogens is 5. The maximum atomic E-state index is 13.2. The second kappa shape index (κ2) is 4.68. The molecule has 0 fully saturated rings. The van der Waals surface area contributed by atoms with Crippen LogP contribution in [-0.4, -0.2) is 25.2 Å². The number of hydrogen-bond acceptors (Lipinski definition) is 2. The maximum absolute atomic E-state index is 13.2. The van der Waals surface area contributed by atoms with Gasteiger partial charge in [0, 0.05) is 6.07 Å². The van der Waals surface area contributed by atoms with Crippen molar-refractivity contribution in [3.63, 3.8) is 0 Å². The Morgan fingerprint density at radius 3 is 2.35 bits per heavy atom. The second-order valence-corrected chi connectivity index (χ2v) is 3.10. The Balaban J connectivity index is 3.13. The molecule has 0 spiro atoms. The summed E-state index contributed by atoms with van der Waals surface area (Å²) in [6, 6.07) is 2.36. The third-order valence-electron chi connectivity index (χ3n) is 2.00. The van der Waals surface area contributed by atoms with Gasteiger partial charge in [0.25, 0.3) is 0 Å². The highest BCUT2D eigenvalue weighted by atomic mass is 19.3. The van der Waals surface area contributed by atoms with E-state index in [9.17, 15) is 26.7 Å². The average Bonchev–Trinajstić information content (AvgIpc) is 2.27. The highest BCUT2D eigenvalue weighted by molar-refractivity contribution is 6.01. The lowest BCUT2D eigenvalue weighted by molar-refractivity contribution is -0.0959. The zero-order valence-electron chi connectivity index (χ0n) is 8.52. The first kappa shape index (κ1) is 13.4. The van der Waals surface area contributed by atoms with Crippen LogP contribution in [0.2, 0.25) is 0 Å². The molecule has 17 heavy (non-hydrogen) atoms. The van der Waals surface area contributed by atoms with E-state index in [-0.39, 0.29) is 5.75 Å². The van der Waals surface area contributed by atoms with Gasteiger partial charge in [-0.3, -0.25) is 4.79 Å². The van der Waals surface area contributed by atoms with Crippen molar-refractivity contribution in [1.29, 1.82) is 0 Å². The van der Waals surface area contributed by atoms with Gasteiger partial charge in [-0.2, -0.15) is 8.78 Å². The Morgan fingerprint density at radius 2 is 1.94 bits per heavy atom. The van der Waals surface area contributed by atoms with Crippen LogP contribution < -0.4 is 4.74 Å². The summed E-state index contributed by atoms with van der Waals surface area (Å²) in [5.74, 6) is -8.52. The molecule has 0 unspecified atom stereocenters. The summed E-state index contributed by atoms with van der Waals surface area (Å²) < 4.78 is 67.0. The van der Waals surface area contributed by atoms with Crippen molar-refractivity contribution in [3.8, 4) is 5.75 Å². The third kappa shape index (κ3) is 2.54. The number of carbonyl (C=O) groups excluding carboxylic acids is 1. The van der Waals surface area contributed by atoms with Gasteiger partial charge in [-0.15, -0.1) is 0 Å². The molecule has 2 nitrogen and oxygen atoms in total. The summed E-state index contributed by atoms with van der Waals surface area (Å²) in [5.41, 5.74) is -1.10. The average molecular weight is 254 g/mol. The number of ether oxygens (including phenoxy) is 1. The molecule has 7 heteroatoms. The minimum absolute atomic E-state index is 0.0144. The van der Waals surface area contributed by atoms with Crippen molar-refractivity contribution in [2.75, 3.05) is 7.11 Å². The SMILES string of the molecule is COc1ccc(C(=O)C(F)(F)C(F)F)c(F)c1. The number of rotatable bonds is 4. The highest BCUT2D eigenvalue weighted by Gasteiger charge is 2.49. The highest BCUT2D eigenvalue weighted by Crippen LogP contribution is 2.29. The summed E-state index contributed by atoms with van der Waals surface area (Å²) in [6.07, 6.45) is -4.18. The van der Waals surface area contributed by atoms with Crippen molar-refractivity contribution in [1.82, 2.24) is 0 Å². The van der Waals surface area contributed by atoms with Crippen molar-refractivity contribution >= 4 is 5.78 Å². The molecule has 0 aliphatic rings. The van der Waals surface area contributed by atoms with Crippen LogP contribution in [0.3, 0.4) is 0 Å². The van der Waals surface area contributed by atoms with Crippen molar-refractivity contribution < 1.29 is 31.5 Å². The molecule has 0 saturated heterocycles. The van der Waals surface area contributed by atoms with Crippen LogP contribution in [0.25, 0.3) is 0 Å². The molecule has 0 radical (unpaired) electrons. The van der Waals surface area contributed by atoms with Crippen LogP contribution in [0.5, 0.6) is 5.75 Å². The van der Waals surface area contributed by atoms with Gasteiger partial charge in [-0.05, 0) is 12.1 Å². The van der Waals surface area contributed by atoms with Crippen LogP contribution in [0, 0.1) is 5.82 Å². The van der Waals surface area contributed by atoms with Gasteiger partial charge in [0.2, 0.25) is 5.78 Å². The number of carbonyl (C=O) groups is 1. The monoisotopic (exact) mass is 254 g/mol. The lowest BCUT2D eigenvalue weighted by atomic mass is 10.0. The molecule has 1 rings (SSSR count). The molecule has 0 aliphatic carbocycles. The first-order chi connectivity index (χ1) is 7.80. The molecule has 0 N–H and O–H groups in total. The smallest absolute Gasteiger partial charge is 0.368 e. The first-order valence-corrected chi connectivity index (χ1v) is 4.35. The Hall–Kier alpha value is -1.66. The van der Waals surface area contributed by atoms with E-state index in [1.165, 1.54) is 7.11 Å². The molecule has 0 atom stereocenters. The second-order valence-electron chi connectivity index (χ2n) is 3.10. The summed E-state index contributed by atoms with van der Waals surface area (Å²) in [4.78, 5) is 11.0. The van der Waals surface area contributed by atoms with Crippen LogP contribution in [-0.2, 0) is 0 Å². The van der Waals surface area contributed by atoms with Gasteiger partial charge < -0.3 is 4.74 Å². The molecule has 0 aromatic heterocycles. The van der Waals surface area contributed by atoms with Gasteiger partial charge in [-0.25, -0.2) is 13.2 Å². The molecule has 0 saturated carbocycles. The van der Waals surface area contributed by atoms with E-state index in [0.29, 0.717) is 12.1 Å². The molecular formula is C10H7F5O2. The summed E-state index contributed by atoms with van der Waals surface area (Å²) in [7, 11) is 1.20. The summed E-state index contributed by atoms with van der Waals surface area (Å²) >= 11 is 0. The largest absolute Gasteiger partial charge is 0.497 e. The lowest BCUT2D eigenvalue weighted by Gasteiger charge is -2.14. The fraction of sp³-hybridized carbons (Fsp3) is 0.300. The lowest BCUT2D eigenvalue weighted by Crippen LogP contribution is -2.37. The maximum Gasteiger partial charge on any atom is 0.368 e. The van der Waals surface area contributed by atoms with Crippen LogP contribution in [0.1, 0.15) is 10.4 Å². The van der Waals surface area contributed by atoms with E-state index < -0.39 is 29.5 Å². The molecular weight excluding hydrogens is 247 g/mol. The minimum atomic E-state index is -4.91. The first-order valence-electron chi connectivity index (χ1n) is 4.35. The number of Topliss-reactive ketones (excluding diaryl/α,β-unsaturated/α-hetero) is 1. The molecule has 1 aromatic rings. The zero-order chi connectivity index (χ0) is 13.2. The van der Waals surface area contributed by atoms with Gasteiger partial charge in [0.05, 0.1) is 12.7 Å². The molecule has 0 heterocycles. The van der Waals surface area contributed by atoms with Crippen molar-refractivity contribution in [3.05, 3.63) is 29.6 Å². The standard InChI is InChI=1S/C10H7F5O2/c1-17-5-2-3-6(7(11)4-5)8(16)10(14,15)9(12)13/h2-4,9H,1H3. The van der Waals surface area contributed by atoms with E-state index in [2.05, 4.69) is 4.74 Å². The van der Waals surface area contributed by atoms with E-state index >= 15 is 0 Å². The van der Waals surface area contributed by atoms with Gasteiger partial charge in [-0.1, -0.05) is 0 Å². The third-order valence-corrected chi connectivity index (χ3v) is 2.00. The summed E-state index contributed by atoms with van der Waals surface area (Å²) in [5, 5.41) is 0. The van der Waals surface area contributed by atoms with E-state index in [1.807, 2.05) is 0 Å². The van der Waals surface area contributed by atoms with Crippen LogP contribution in [0.15, 0.2) is 18.2 Å². The Labute approximate surface area is 93.0 Å². The topological polar surface area (TPSA) is 26.3 Å². The van der Waals surface area contributed by atoms with E-state index in [4.69, 9.17) is 0 Å². The number of methoxy groups -OCH3 is 1. The Bertz CT molecular complexity index is 431. The molecule has 0 bridgehead atoms. The van der Waals surface area contributed by atoms with Gasteiger partial charge in [0.1, 0.15) is 11.6 Å². The molecule has 0 amide bonds. The molecule has 1 aromatic carbocycles. The Morgan fingerprint density at radius 1 is 1.35 bits per heavy atom. The Kier molecular flexibility index (Phi) is 3.69.